The molecule has 4 saturated carbocycles. The van der Waals surface area contributed by atoms with Crippen LogP contribution in [0.3, 0.4) is 0 Å². The molecular weight excluding hydrogens is 476 g/mol. The first-order chi connectivity index (χ1) is 7.89. The van der Waals surface area contributed by atoms with E-state index in [0.717, 1.165) is 11.8 Å². The van der Waals surface area contributed by atoms with Gasteiger partial charge in [-0.05, 0) is 37.5 Å². The van der Waals surface area contributed by atoms with Crippen LogP contribution in [0.25, 0.3) is 0 Å². The predicted octanol–water partition coefficient (Wildman–Crippen LogP) is 5.95. The molecule has 0 nitrogen and oxygen atoms in total. The normalized spacial score (nSPS) is 57.2. The molecule has 0 amide bonds. The number of alkyl halides is 4. The smallest absolute Gasteiger partial charge is 0.0721 e. The summed E-state index contributed by atoms with van der Waals surface area (Å²) in [5.41, 5.74) is 1.09. The molecule has 4 atom stereocenters. The van der Waals surface area contributed by atoms with Crippen molar-refractivity contribution in [2.45, 2.75) is 51.4 Å². The summed E-state index contributed by atoms with van der Waals surface area (Å²) in [4.78, 5) is 0. The summed E-state index contributed by atoms with van der Waals surface area (Å²) in [5, 5.41) is 0. The summed E-state index contributed by atoms with van der Waals surface area (Å²) in [5.74, 6) is 1.70. The summed E-state index contributed by atoms with van der Waals surface area (Å²) >= 11 is 15.9. The third kappa shape index (κ3) is 1.22. The van der Waals surface area contributed by atoms with E-state index in [1.54, 1.807) is 0 Å². The van der Waals surface area contributed by atoms with Crippen LogP contribution in [0, 0.1) is 22.7 Å². The molecule has 17 heavy (non-hydrogen) atoms. The molecule has 0 heterocycles. The molecule has 4 aliphatic carbocycles. The minimum absolute atomic E-state index is 0.254. The summed E-state index contributed by atoms with van der Waals surface area (Å²) < 4.78 is 0.534. The van der Waals surface area contributed by atoms with Crippen LogP contribution < -0.4 is 0 Å². The third-order valence-electron chi connectivity index (χ3n) is 6.26. The summed E-state index contributed by atoms with van der Waals surface area (Å²) in [7, 11) is 0. The summed E-state index contributed by atoms with van der Waals surface area (Å²) in [6.45, 7) is 0. The quantitative estimate of drug-likeness (QED) is 0.367. The molecule has 0 N–H and O–H groups in total. The van der Waals surface area contributed by atoms with E-state index in [2.05, 4.69) is 63.7 Å². The summed E-state index contributed by atoms with van der Waals surface area (Å²) in [6, 6.07) is 0. The van der Waals surface area contributed by atoms with Gasteiger partial charge in [-0.2, -0.15) is 0 Å². The zero-order valence-electron chi connectivity index (χ0n) is 9.62. The molecule has 0 aromatic heterocycles. The molecule has 4 fully saturated rings. The molecule has 0 aliphatic heterocycles. The zero-order valence-corrected chi connectivity index (χ0v) is 16.0. The molecule has 4 rings (SSSR count). The van der Waals surface area contributed by atoms with Crippen molar-refractivity contribution in [3.63, 3.8) is 0 Å². The highest BCUT2D eigenvalue weighted by atomic mass is 79.9. The van der Waals surface area contributed by atoms with Crippen molar-refractivity contribution in [2.75, 3.05) is 0 Å². The maximum absolute atomic E-state index is 4.06. The van der Waals surface area contributed by atoms with Gasteiger partial charge in [0, 0.05) is 10.8 Å². The minimum Gasteiger partial charge on any atom is -0.0721 e. The Labute approximate surface area is 137 Å². The van der Waals surface area contributed by atoms with E-state index in [4.69, 9.17) is 0 Å². The fourth-order valence-electron chi connectivity index (χ4n) is 5.18. The van der Waals surface area contributed by atoms with Gasteiger partial charge in [0.1, 0.15) is 0 Å². The second-order valence-electron chi connectivity index (χ2n) is 6.60. The number of hydrogen-bond donors (Lipinski definition) is 0. The van der Waals surface area contributed by atoms with Crippen molar-refractivity contribution in [3.8, 4) is 0 Å². The molecule has 0 radical (unpaired) electrons. The van der Waals surface area contributed by atoms with Crippen LogP contribution in [0.4, 0.5) is 0 Å². The molecule has 0 saturated heterocycles. The Hall–Kier alpha value is 1.92. The van der Waals surface area contributed by atoms with Crippen molar-refractivity contribution in [2.24, 2.45) is 22.7 Å². The van der Waals surface area contributed by atoms with Gasteiger partial charge in [-0.25, -0.2) is 0 Å². The second kappa shape index (κ2) is 3.39. The highest BCUT2D eigenvalue weighted by Crippen LogP contribution is 2.93. The molecule has 0 aromatic rings. The van der Waals surface area contributed by atoms with Gasteiger partial charge in [0.25, 0.3) is 0 Å². The van der Waals surface area contributed by atoms with Crippen LogP contribution in [0.2, 0.25) is 0 Å². The molecule has 0 aromatic carbocycles. The van der Waals surface area contributed by atoms with E-state index in [1.807, 2.05) is 0 Å². The van der Waals surface area contributed by atoms with Crippen LogP contribution in [0.1, 0.15) is 44.9 Å². The highest BCUT2D eigenvalue weighted by molar-refractivity contribution is 9.26. The zero-order chi connectivity index (χ0) is 12.1. The molecule has 4 aliphatic rings. The first-order valence-electron chi connectivity index (χ1n) is 6.65. The topological polar surface area (TPSA) is 0 Å². The molecule has 0 bridgehead atoms. The van der Waals surface area contributed by atoms with Gasteiger partial charge >= 0.3 is 0 Å². The van der Waals surface area contributed by atoms with E-state index in [9.17, 15) is 0 Å². The molecule has 4 heteroatoms. The maximum atomic E-state index is 4.06. The van der Waals surface area contributed by atoms with Crippen LogP contribution in [0.15, 0.2) is 0 Å². The van der Waals surface area contributed by atoms with E-state index < -0.39 is 0 Å². The Bertz CT molecular complexity index is 359. The fraction of sp³-hybridized carbons (Fsp3) is 1.00. The molecule has 96 valence electrons. The standard InChI is InChI=1S/C13H16Br4/c14-12(15)8-6-10-4-2-1-3-5-11(10,7-9(8)12)13(10,16)17/h8-9H,1-7H2/t8-,9-,10-,11-/m0/s1. The van der Waals surface area contributed by atoms with E-state index in [0.29, 0.717) is 10.8 Å². The van der Waals surface area contributed by atoms with E-state index >= 15 is 0 Å². The Kier molecular flexibility index (Phi) is 2.52. The lowest BCUT2D eigenvalue weighted by Gasteiger charge is -2.26. The van der Waals surface area contributed by atoms with Gasteiger partial charge in [0.05, 0.1) is 6.47 Å². The number of fused-ring (bicyclic) bond motifs is 1. The van der Waals surface area contributed by atoms with Crippen molar-refractivity contribution >= 4 is 63.7 Å². The third-order valence-corrected chi connectivity index (χ3v) is 11.7. The lowest BCUT2D eigenvalue weighted by molar-refractivity contribution is 0.214. The average Bonchev–Trinajstić information content (AvgIpc) is 2.99. The highest BCUT2D eigenvalue weighted by Gasteiger charge is 2.89. The van der Waals surface area contributed by atoms with Crippen LogP contribution in [-0.2, 0) is 0 Å². The lowest BCUT2D eigenvalue weighted by Crippen LogP contribution is -2.19. The second-order valence-corrected chi connectivity index (χ2v) is 13.7. The number of rotatable bonds is 0. The SMILES string of the molecule is BrC1(Br)[C@H]2C[C@@]34CCCCC[C@@]3(C[C@@H]21)C4(Br)Br. The van der Waals surface area contributed by atoms with Crippen molar-refractivity contribution in [3.05, 3.63) is 0 Å². The van der Waals surface area contributed by atoms with Gasteiger partial charge in [-0.3, -0.25) is 0 Å². The van der Waals surface area contributed by atoms with Gasteiger partial charge < -0.3 is 0 Å². The Balaban J connectivity index is 1.75. The largest absolute Gasteiger partial charge is 0.0929 e. The van der Waals surface area contributed by atoms with Gasteiger partial charge in [0.2, 0.25) is 0 Å². The number of halogens is 4. The van der Waals surface area contributed by atoms with E-state index in [1.165, 1.54) is 44.9 Å². The average molecular weight is 492 g/mol. The van der Waals surface area contributed by atoms with Crippen LogP contribution in [-0.4, -0.2) is 6.47 Å². The number of hydrogen-bond acceptors (Lipinski definition) is 0. The Morgan fingerprint density at radius 1 is 0.706 bits per heavy atom. The molecule has 0 unspecified atom stereocenters. The van der Waals surface area contributed by atoms with Crippen molar-refractivity contribution in [1.29, 1.82) is 0 Å². The van der Waals surface area contributed by atoms with Gasteiger partial charge in [-0.15, -0.1) is 0 Å². The Morgan fingerprint density at radius 2 is 1.18 bits per heavy atom. The molecular formula is C13H16Br4. The predicted molar refractivity (Wildman–Crippen MR) is 85.3 cm³/mol. The maximum Gasteiger partial charge on any atom is 0.0929 e. The minimum atomic E-state index is 0.254. The van der Waals surface area contributed by atoms with Crippen molar-refractivity contribution < 1.29 is 0 Å². The van der Waals surface area contributed by atoms with Gasteiger partial charge in [0.15, 0.2) is 0 Å². The molecule has 0 spiro atoms. The monoisotopic (exact) mass is 488 g/mol. The van der Waals surface area contributed by atoms with E-state index in [-0.39, 0.29) is 6.47 Å². The Morgan fingerprint density at radius 3 is 1.65 bits per heavy atom. The van der Waals surface area contributed by atoms with Crippen LogP contribution >= 0.6 is 63.7 Å². The van der Waals surface area contributed by atoms with Crippen molar-refractivity contribution in [1.82, 2.24) is 0 Å². The first-order valence-corrected chi connectivity index (χ1v) is 9.82. The first kappa shape index (κ1) is 12.6. The fourth-order valence-corrected chi connectivity index (χ4v) is 9.60. The lowest BCUT2D eigenvalue weighted by atomic mass is 9.77. The van der Waals surface area contributed by atoms with Gasteiger partial charge in [-0.1, -0.05) is 83.0 Å². The summed E-state index contributed by atoms with van der Waals surface area (Å²) in [6.07, 6.45) is 9.93. The van der Waals surface area contributed by atoms with Crippen LogP contribution in [0.5, 0.6) is 0 Å².